The zero-order valence-corrected chi connectivity index (χ0v) is 11.5. The standard InChI is InChI=1S/C14H30O/c1-11(2)13(15)9-7-8-10-14(5,6)12(3)4/h11-13,15H,7-10H2,1-6H3. The van der Waals surface area contributed by atoms with Gasteiger partial charge in [0.1, 0.15) is 0 Å². The molecule has 0 heterocycles. The van der Waals surface area contributed by atoms with Crippen LogP contribution in [0.2, 0.25) is 0 Å². The van der Waals surface area contributed by atoms with Gasteiger partial charge in [0.15, 0.2) is 0 Å². The Morgan fingerprint density at radius 2 is 1.53 bits per heavy atom. The molecular formula is C14H30O. The van der Waals surface area contributed by atoms with E-state index in [1.807, 2.05) is 0 Å². The molecule has 0 aromatic carbocycles. The van der Waals surface area contributed by atoms with Crippen LogP contribution in [-0.4, -0.2) is 11.2 Å². The summed E-state index contributed by atoms with van der Waals surface area (Å²) in [4.78, 5) is 0. The van der Waals surface area contributed by atoms with Gasteiger partial charge in [0.25, 0.3) is 0 Å². The van der Waals surface area contributed by atoms with Crippen LogP contribution in [0.4, 0.5) is 0 Å². The third-order valence-electron chi connectivity index (χ3n) is 3.90. The first-order chi connectivity index (χ1) is 6.77. The van der Waals surface area contributed by atoms with Crippen LogP contribution in [0, 0.1) is 17.3 Å². The SMILES string of the molecule is CC(C)C(O)CCCCC(C)(C)C(C)C. The van der Waals surface area contributed by atoms with Crippen molar-refractivity contribution >= 4 is 0 Å². The van der Waals surface area contributed by atoms with E-state index in [0.29, 0.717) is 11.3 Å². The lowest BCUT2D eigenvalue weighted by Crippen LogP contribution is -2.19. The van der Waals surface area contributed by atoms with Crippen molar-refractivity contribution in [3.05, 3.63) is 0 Å². The molecule has 0 spiro atoms. The van der Waals surface area contributed by atoms with Crippen molar-refractivity contribution < 1.29 is 5.11 Å². The van der Waals surface area contributed by atoms with Gasteiger partial charge in [-0.15, -0.1) is 0 Å². The second kappa shape index (κ2) is 6.52. The summed E-state index contributed by atoms with van der Waals surface area (Å²) in [5, 5.41) is 9.67. The predicted molar refractivity (Wildman–Crippen MR) is 67.9 cm³/mol. The smallest absolute Gasteiger partial charge is 0.0563 e. The summed E-state index contributed by atoms with van der Waals surface area (Å²) in [7, 11) is 0. The van der Waals surface area contributed by atoms with Gasteiger partial charge >= 0.3 is 0 Å². The lowest BCUT2D eigenvalue weighted by Gasteiger charge is -2.29. The summed E-state index contributed by atoms with van der Waals surface area (Å²) in [6, 6.07) is 0. The Kier molecular flexibility index (Phi) is 6.51. The average molecular weight is 214 g/mol. The molecular weight excluding hydrogens is 184 g/mol. The molecule has 1 nitrogen and oxygen atoms in total. The zero-order chi connectivity index (χ0) is 12.1. The highest BCUT2D eigenvalue weighted by atomic mass is 16.3. The average Bonchev–Trinajstić information content (AvgIpc) is 2.11. The molecule has 0 bridgehead atoms. The molecule has 0 fully saturated rings. The minimum absolute atomic E-state index is 0.104. The normalized spacial score (nSPS) is 15.0. The molecule has 15 heavy (non-hydrogen) atoms. The number of aliphatic hydroxyl groups excluding tert-OH is 1. The minimum atomic E-state index is -0.104. The topological polar surface area (TPSA) is 20.2 Å². The second-order valence-electron chi connectivity index (χ2n) is 6.20. The molecule has 1 unspecified atom stereocenters. The van der Waals surface area contributed by atoms with Crippen LogP contribution in [0.1, 0.15) is 67.2 Å². The Bertz CT molecular complexity index is 159. The van der Waals surface area contributed by atoms with Gasteiger partial charge in [0.2, 0.25) is 0 Å². The monoisotopic (exact) mass is 214 g/mol. The lowest BCUT2D eigenvalue weighted by atomic mass is 9.77. The Hall–Kier alpha value is -0.0400. The number of hydrogen-bond donors (Lipinski definition) is 1. The maximum Gasteiger partial charge on any atom is 0.0563 e. The molecule has 0 aliphatic heterocycles. The molecule has 1 heteroatoms. The maximum atomic E-state index is 9.67. The second-order valence-corrected chi connectivity index (χ2v) is 6.20. The molecule has 1 N–H and O–H groups in total. The number of unbranched alkanes of at least 4 members (excludes halogenated alkanes) is 1. The van der Waals surface area contributed by atoms with Gasteiger partial charge in [-0.3, -0.25) is 0 Å². The van der Waals surface area contributed by atoms with Crippen LogP contribution >= 0.6 is 0 Å². The largest absolute Gasteiger partial charge is 0.393 e. The minimum Gasteiger partial charge on any atom is -0.393 e. The summed E-state index contributed by atoms with van der Waals surface area (Å²) >= 11 is 0. The lowest BCUT2D eigenvalue weighted by molar-refractivity contribution is 0.110. The van der Waals surface area contributed by atoms with Gasteiger partial charge in [-0.2, -0.15) is 0 Å². The van der Waals surface area contributed by atoms with Gasteiger partial charge in [-0.1, -0.05) is 54.4 Å². The Morgan fingerprint density at radius 1 is 1.00 bits per heavy atom. The molecule has 0 saturated carbocycles. The van der Waals surface area contributed by atoms with Gasteiger partial charge in [0.05, 0.1) is 6.10 Å². The molecule has 0 aromatic rings. The first-order valence-corrected chi connectivity index (χ1v) is 6.45. The maximum absolute atomic E-state index is 9.67. The van der Waals surface area contributed by atoms with E-state index in [2.05, 4.69) is 41.5 Å². The first-order valence-electron chi connectivity index (χ1n) is 6.45. The number of aliphatic hydroxyl groups is 1. The fourth-order valence-electron chi connectivity index (χ4n) is 1.56. The Labute approximate surface area is 96.3 Å². The molecule has 0 aliphatic rings. The van der Waals surface area contributed by atoms with E-state index >= 15 is 0 Å². The van der Waals surface area contributed by atoms with E-state index in [9.17, 15) is 5.11 Å². The predicted octanol–water partition coefficient (Wildman–Crippen LogP) is 4.25. The molecule has 0 saturated heterocycles. The Balaban J connectivity index is 3.63. The number of hydrogen-bond acceptors (Lipinski definition) is 1. The molecule has 0 aliphatic carbocycles. The highest BCUT2D eigenvalue weighted by Crippen LogP contribution is 2.32. The van der Waals surface area contributed by atoms with Crippen molar-refractivity contribution in [3.8, 4) is 0 Å². The van der Waals surface area contributed by atoms with Crippen LogP contribution in [0.25, 0.3) is 0 Å². The molecule has 92 valence electrons. The fraction of sp³-hybridized carbons (Fsp3) is 1.00. The highest BCUT2D eigenvalue weighted by Gasteiger charge is 2.21. The van der Waals surface area contributed by atoms with Crippen LogP contribution in [0.15, 0.2) is 0 Å². The van der Waals surface area contributed by atoms with E-state index < -0.39 is 0 Å². The van der Waals surface area contributed by atoms with E-state index in [0.717, 1.165) is 18.8 Å². The van der Waals surface area contributed by atoms with Crippen molar-refractivity contribution in [2.45, 2.75) is 73.3 Å². The van der Waals surface area contributed by atoms with E-state index in [4.69, 9.17) is 0 Å². The molecule has 1 atom stereocenters. The summed E-state index contributed by atoms with van der Waals surface area (Å²) in [6.07, 6.45) is 4.54. The molecule has 0 radical (unpaired) electrons. The van der Waals surface area contributed by atoms with Crippen LogP contribution in [0.5, 0.6) is 0 Å². The number of rotatable bonds is 7. The molecule has 0 aromatic heterocycles. The van der Waals surface area contributed by atoms with Crippen LogP contribution < -0.4 is 0 Å². The van der Waals surface area contributed by atoms with Crippen LogP contribution in [-0.2, 0) is 0 Å². The van der Waals surface area contributed by atoms with Gasteiger partial charge < -0.3 is 5.11 Å². The van der Waals surface area contributed by atoms with E-state index in [1.54, 1.807) is 0 Å². The van der Waals surface area contributed by atoms with Gasteiger partial charge in [0, 0.05) is 0 Å². The fourth-order valence-corrected chi connectivity index (χ4v) is 1.56. The summed E-state index contributed by atoms with van der Waals surface area (Å²) < 4.78 is 0. The third-order valence-corrected chi connectivity index (χ3v) is 3.90. The van der Waals surface area contributed by atoms with Crippen molar-refractivity contribution in [2.75, 3.05) is 0 Å². The molecule has 0 rings (SSSR count). The highest BCUT2D eigenvalue weighted by molar-refractivity contribution is 4.72. The van der Waals surface area contributed by atoms with Gasteiger partial charge in [-0.25, -0.2) is 0 Å². The van der Waals surface area contributed by atoms with Crippen molar-refractivity contribution in [1.82, 2.24) is 0 Å². The zero-order valence-electron chi connectivity index (χ0n) is 11.5. The summed E-state index contributed by atoms with van der Waals surface area (Å²) in [5.74, 6) is 1.15. The Morgan fingerprint density at radius 3 is 1.93 bits per heavy atom. The summed E-state index contributed by atoms with van der Waals surface area (Å²) in [6.45, 7) is 13.4. The van der Waals surface area contributed by atoms with Crippen molar-refractivity contribution in [2.24, 2.45) is 17.3 Å². The third kappa shape index (κ3) is 6.19. The quantitative estimate of drug-likeness (QED) is 0.628. The van der Waals surface area contributed by atoms with Gasteiger partial charge in [-0.05, 0) is 30.1 Å². The van der Waals surface area contributed by atoms with Crippen molar-refractivity contribution in [1.29, 1.82) is 0 Å². The van der Waals surface area contributed by atoms with E-state index in [-0.39, 0.29) is 6.10 Å². The van der Waals surface area contributed by atoms with E-state index in [1.165, 1.54) is 12.8 Å². The molecule has 0 amide bonds. The first kappa shape index (κ1) is 15.0. The summed E-state index contributed by atoms with van der Waals surface area (Å²) in [5.41, 5.74) is 0.447. The van der Waals surface area contributed by atoms with Crippen LogP contribution in [0.3, 0.4) is 0 Å². The van der Waals surface area contributed by atoms with Crippen molar-refractivity contribution in [3.63, 3.8) is 0 Å².